The molecule has 0 aliphatic heterocycles. The standard InChI is InChI=1S/C8H9F2N3O2/c1-8(11,7(9)10)6-3-2-5(4-12-6)13(14)15/h2-4,7H,11H2,1H3. The van der Waals surface area contributed by atoms with E-state index in [0.717, 1.165) is 25.3 Å². The van der Waals surface area contributed by atoms with Gasteiger partial charge in [0.25, 0.3) is 12.1 Å². The summed E-state index contributed by atoms with van der Waals surface area (Å²) in [6, 6.07) is 2.22. The molecule has 0 aliphatic rings. The SMILES string of the molecule is CC(N)(c1ccc([N+](=O)[O-])cn1)C(F)F. The minimum absolute atomic E-state index is 0.0805. The molecule has 2 N–H and O–H groups in total. The van der Waals surface area contributed by atoms with Crippen molar-refractivity contribution in [2.45, 2.75) is 18.9 Å². The van der Waals surface area contributed by atoms with Gasteiger partial charge in [0.05, 0.1) is 10.6 Å². The molecular formula is C8H9F2N3O2. The molecule has 1 heterocycles. The lowest BCUT2D eigenvalue weighted by molar-refractivity contribution is -0.385. The van der Waals surface area contributed by atoms with E-state index in [-0.39, 0.29) is 11.4 Å². The van der Waals surface area contributed by atoms with Crippen LogP contribution in [0.25, 0.3) is 0 Å². The smallest absolute Gasteiger partial charge is 0.287 e. The Labute approximate surface area is 84.1 Å². The van der Waals surface area contributed by atoms with Gasteiger partial charge in [-0.1, -0.05) is 0 Å². The third kappa shape index (κ3) is 2.24. The highest BCUT2D eigenvalue weighted by Crippen LogP contribution is 2.24. The van der Waals surface area contributed by atoms with E-state index in [9.17, 15) is 18.9 Å². The van der Waals surface area contributed by atoms with Crippen LogP contribution in [0, 0.1) is 10.1 Å². The molecule has 0 bridgehead atoms. The molecule has 1 atom stereocenters. The van der Waals surface area contributed by atoms with Gasteiger partial charge in [-0.15, -0.1) is 0 Å². The number of pyridine rings is 1. The number of alkyl halides is 2. The minimum atomic E-state index is -2.79. The predicted octanol–water partition coefficient (Wildman–Crippen LogP) is 1.43. The molecule has 5 nitrogen and oxygen atoms in total. The largest absolute Gasteiger partial charge is 0.316 e. The zero-order valence-electron chi connectivity index (χ0n) is 7.85. The Kier molecular flexibility index (Phi) is 2.94. The summed E-state index contributed by atoms with van der Waals surface area (Å²) in [6.07, 6.45) is -1.88. The van der Waals surface area contributed by atoms with Crippen LogP contribution in [-0.2, 0) is 5.54 Å². The van der Waals surface area contributed by atoms with Gasteiger partial charge in [0.15, 0.2) is 0 Å². The van der Waals surface area contributed by atoms with Crippen LogP contribution < -0.4 is 5.73 Å². The van der Waals surface area contributed by atoms with Crippen LogP contribution >= 0.6 is 0 Å². The fourth-order valence-electron chi connectivity index (χ4n) is 0.924. The van der Waals surface area contributed by atoms with Crippen molar-refractivity contribution in [3.05, 3.63) is 34.1 Å². The quantitative estimate of drug-likeness (QED) is 0.613. The maximum absolute atomic E-state index is 12.5. The fraction of sp³-hybridized carbons (Fsp3) is 0.375. The molecule has 1 unspecified atom stereocenters. The van der Waals surface area contributed by atoms with Gasteiger partial charge in [0, 0.05) is 6.07 Å². The van der Waals surface area contributed by atoms with Gasteiger partial charge in [0.1, 0.15) is 11.7 Å². The fourth-order valence-corrected chi connectivity index (χ4v) is 0.924. The Balaban J connectivity index is 3.04. The summed E-state index contributed by atoms with van der Waals surface area (Å²) >= 11 is 0. The first-order valence-electron chi connectivity index (χ1n) is 4.03. The van der Waals surface area contributed by atoms with E-state index < -0.39 is 16.9 Å². The number of hydrogen-bond donors (Lipinski definition) is 1. The van der Waals surface area contributed by atoms with Crippen molar-refractivity contribution in [3.63, 3.8) is 0 Å². The molecule has 0 saturated carbocycles. The Hall–Kier alpha value is -1.63. The first-order chi connectivity index (χ1) is 6.85. The molecule has 1 rings (SSSR count). The van der Waals surface area contributed by atoms with Gasteiger partial charge >= 0.3 is 0 Å². The molecular weight excluding hydrogens is 208 g/mol. The maximum atomic E-state index is 12.5. The van der Waals surface area contributed by atoms with Crippen LogP contribution in [0.1, 0.15) is 12.6 Å². The lowest BCUT2D eigenvalue weighted by Gasteiger charge is -2.22. The van der Waals surface area contributed by atoms with Gasteiger partial charge in [-0.2, -0.15) is 0 Å². The minimum Gasteiger partial charge on any atom is -0.316 e. The molecule has 0 saturated heterocycles. The summed E-state index contributed by atoms with van der Waals surface area (Å²) in [6.45, 7) is 1.12. The van der Waals surface area contributed by atoms with E-state index in [1.165, 1.54) is 0 Å². The molecule has 0 spiro atoms. The van der Waals surface area contributed by atoms with Gasteiger partial charge < -0.3 is 5.73 Å². The van der Waals surface area contributed by atoms with E-state index in [4.69, 9.17) is 5.73 Å². The average molecular weight is 217 g/mol. The normalized spacial score (nSPS) is 15.0. The van der Waals surface area contributed by atoms with Gasteiger partial charge in [-0.05, 0) is 13.0 Å². The molecule has 1 aromatic heterocycles. The summed E-state index contributed by atoms with van der Waals surface area (Å²) < 4.78 is 24.9. The van der Waals surface area contributed by atoms with Crippen molar-refractivity contribution in [1.82, 2.24) is 4.98 Å². The summed E-state index contributed by atoms with van der Waals surface area (Å²) in [5.74, 6) is 0. The van der Waals surface area contributed by atoms with E-state index in [1.54, 1.807) is 0 Å². The monoisotopic (exact) mass is 217 g/mol. The molecule has 0 aromatic carbocycles. The summed E-state index contributed by atoms with van der Waals surface area (Å²) in [7, 11) is 0. The van der Waals surface area contributed by atoms with Crippen LogP contribution in [0.4, 0.5) is 14.5 Å². The lowest BCUT2D eigenvalue weighted by atomic mass is 9.99. The van der Waals surface area contributed by atoms with Crippen molar-refractivity contribution in [2.24, 2.45) is 5.73 Å². The van der Waals surface area contributed by atoms with Gasteiger partial charge in [-0.3, -0.25) is 15.1 Å². The van der Waals surface area contributed by atoms with Gasteiger partial charge in [-0.25, -0.2) is 8.78 Å². The second kappa shape index (κ2) is 3.85. The molecule has 1 aromatic rings. The highest BCUT2D eigenvalue weighted by atomic mass is 19.3. The molecule has 82 valence electrons. The van der Waals surface area contributed by atoms with Crippen molar-refractivity contribution in [3.8, 4) is 0 Å². The topological polar surface area (TPSA) is 82.0 Å². The first kappa shape index (κ1) is 11.4. The van der Waals surface area contributed by atoms with E-state index in [0.29, 0.717) is 0 Å². The van der Waals surface area contributed by atoms with Crippen molar-refractivity contribution >= 4 is 5.69 Å². The van der Waals surface area contributed by atoms with Crippen molar-refractivity contribution in [1.29, 1.82) is 0 Å². The highest BCUT2D eigenvalue weighted by molar-refractivity contribution is 5.29. The Morgan fingerprint density at radius 2 is 2.20 bits per heavy atom. The number of nitrogens with two attached hydrogens (primary N) is 1. The maximum Gasteiger partial charge on any atom is 0.287 e. The Morgan fingerprint density at radius 3 is 2.53 bits per heavy atom. The highest BCUT2D eigenvalue weighted by Gasteiger charge is 2.34. The van der Waals surface area contributed by atoms with Crippen LogP contribution in [0.5, 0.6) is 0 Å². The number of nitro groups is 1. The third-order valence-corrected chi connectivity index (χ3v) is 1.96. The molecule has 0 radical (unpaired) electrons. The van der Waals surface area contributed by atoms with Gasteiger partial charge in [0.2, 0.25) is 0 Å². The number of rotatable bonds is 3. The summed E-state index contributed by atoms with van der Waals surface area (Å²) in [5.41, 5.74) is 3.09. The lowest BCUT2D eigenvalue weighted by Crippen LogP contribution is -2.41. The molecule has 0 fully saturated rings. The van der Waals surface area contributed by atoms with E-state index >= 15 is 0 Å². The van der Waals surface area contributed by atoms with E-state index in [1.807, 2.05) is 0 Å². The number of aromatic nitrogens is 1. The molecule has 7 heteroatoms. The van der Waals surface area contributed by atoms with Crippen LogP contribution in [0.15, 0.2) is 18.3 Å². The first-order valence-corrected chi connectivity index (χ1v) is 4.03. The van der Waals surface area contributed by atoms with Crippen molar-refractivity contribution < 1.29 is 13.7 Å². The number of nitrogens with zero attached hydrogens (tertiary/aromatic N) is 2. The Morgan fingerprint density at radius 1 is 1.60 bits per heavy atom. The summed E-state index contributed by atoms with van der Waals surface area (Å²) in [4.78, 5) is 13.2. The number of hydrogen-bond acceptors (Lipinski definition) is 4. The molecule has 15 heavy (non-hydrogen) atoms. The Bertz CT molecular complexity index is 365. The average Bonchev–Trinajstić information content (AvgIpc) is 2.17. The second-order valence-corrected chi connectivity index (χ2v) is 3.24. The second-order valence-electron chi connectivity index (χ2n) is 3.24. The van der Waals surface area contributed by atoms with E-state index in [2.05, 4.69) is 4.98 Å². The van der Waals surface area contributed by atoms with Crippen LogP contribution in [-0.4, -0.2) is 16.3 Å². The molecule has 0 aliphatic carbocycles. The third-order valence-electron chi connectivity index (χ3n) is 1.96. The zero-order chi connectivity index (χ0) is 11.6. The number of halogens is 2. The molecule has 0 amide bonds. The van der Waals surface area contributed by atoms with Crippen LogP contribution in [0.2, 0.25) is 0 Å². The summed E-state index contributed by atoms with van der Waals surface area (Å²) in [5, 5.41) is 10.3. The predicted molar refractivity (Wildman–Crippen MR) is 48.4 cm³/mol. The zero-order valence-corrected chi connectivity index (χ0v) is 7.85. The van der Waals surface area contributed by atoms with Crippen LogP contribution in [0.3, 0.4) is 0 Å². The van der Waals surface area contributed by atoms with Crippen molar-refractivity contribution in [2.75, 3.05) is 0 Å².